The van der Waals surface area contributed by atoms with E-state index in [9.17, 15) is 0 Å². The van der Waals surface area contributed by atoms with E-state index in [1.165, 1.54) is 19.3 Å². The minimum absolute atomic E-state index is 0.233. The van der Waals surface area contributed by atoms with E-state index >= 15 is 0 Å². The first kappa shape index (κ1) is 12.9. The molecule has 1 fully saturated rings. The van der Waals surface area contributed by atoms with Crippen LogP contribution >= 0.6 is 0 Å². The maximum atomic E-state index is 5.70. The molecule has 18 heavy (non-hydrogen) atoms. The van der Waals surface area contributed by atoms with Crippen molar-refractivity contribution in [3.05, 3.63) is 0 Å². The number of hydrogen-bond donors (Lipinski definition) is 1. The van der Waals surface area contributed by atoms with Crippen molar-refractivity contribution in [1.82, 2.24) is 15.0 Å². The zero-order valence-electron chi connectivity index (χ0n) is 10.9. The number of unbranched alkanes of at least 4 members (excludes halogenated alkanes) is 1. The van der Waals surface area contributed by atoms with Crippen molar-refractivity contribution in [1.29, 1.82) is 0 Å². The number of rotatable bonds is 5. The van der Waals surface area contributed by atoms with Gasteiger partial charge in [0.25, 0.3) is 0 Å². The maximum absolute atomic E-state index is 5.70. The highest BCUT2D eigenvalue weighted by molar-refractivity contribution is 5.36. The Kier molecular flexibility index (Phi) is 4.55. The molecule has 0 unspecified atom stereocenters. The van der Waals surface area contributed by atoms with Gasteiger partial charge >= 0.3 is 6.01 Å². The molecule has 0 radical (unpaired) electrons. The largest absolute Gasteiger partial charge is 0.463 e. The molecule has 6 heteroatoms. The number of nitrogen functional groups attached to an aromatic ring is 1. The molecule has 0 bridgehead atoms. The van der Waals surface area contributed by atoms with Crippen molar-refractivity contribution in [2.24, 2.45) is 0 Å². The minimum Gasteiger partial charge on any atom is -0.463 e. The third-order valence-corrected chi connectivity index (χ3v) is 2.99. The van der Waals surface area contributed by atoms with Gasteiger partial charge in [-0.25, -0.2) is 0 Å². The van der Waals surface area contributed by atoms with E-state index in [4.69, 9.17) is 10.5 Å². The number of hydrogen-bond acceptors (Lipinski definition) is 6. The normalized spacial score (nSPS) is 15.7. The Balaban J connectivity index is 2.05. The van der Waals surface area contributed by atoms with Crippen molar-refractivity contribution < 1.29 is 4.74 Å². The van der Waals surface area contributed by atoms with Crippen LogP contribution in [0, 0.1) is 0 Å². The second-order valence-corrected chi connectivity index (χ2v) is 4.53. The van der Waals surface area contributed by atoms with Crippen molar-refractivity contribution in [2.45, 2.75) is 39.0 Å². The molecule has 0 saturated carbocycles. The lowest BCUT2D eigenvalue weighted by Crippen LogP contribution is -2.31. The Morgan fingerprint density at radius 2 is 1.94 bits per heavy atom. The van der Waals surface area contributed by atoms with Crippen molar-refractivity contribution in [2.75, 3.05) is 30.3 Å². The highest BCUT2D eigenvalue weighted by Crippen LogP contribution is 2.18. The van der Waals surface area contributed by atoms with Gasteiger partial charge in [0.15, 0.2) is 0 Å². The third kappa shape index (κ3) is 3.45. The van der Waals surface area contributed by atoms with Gasteiger partial charge < -0.3 is 15.4 Å². The molecular weight excluding hydrogens is 230 g/mol. The minimum atomic E-state index is 0.233. The monoisotopic (exact) mass is 251 g/mol. The summed E-state index contributed by atoms with van der Waals surface area (Å²) in [6, 6.07) is 0.344. The molecule has 6 nitrogen and oxygen atoms in total. The third-order valence-electron chi connectivity index (χ3n) is 2.99. The zero-order valence-corrected chi connectivity index (χ0v) is 10.9. The number of aromatic nitrogens is 3. The molecule has 0 aliphatic carbocycles. The summed E-state index contributed by atoms with van der Waals surface area (Å²) in [5.74, 6) is 0.880. The predicted molar refractivity (Wildman–Crippen MR) is 70.7 cm³/mol. The zero-order chi connectivity index (χ0) is 12.8. The molecule has 0 atom stereocenters. The summed E-state index contributed by atoms with van der Waals surface area (Å²) in [6.07, 6.45) is 5.70. The molecule has 2 N–H and O–H groups in total. The molecule has 1 aromatic heterocycles. The lowest BCUT2D eigenvalue weighted by Gasteiger charge is -2.26. The average molecular weight is 251 g/mol. The second kappa shape index (κ2) is 6.37. The van der Waals surface area contributed by atoms with E-state index in [0.717, 1.165) is 25.9 Å². The fourth-order valence-corrected chi connectivity index (χ4v) is 1.97. The van der Waals surface area contributed by atoms with Crippen LogP contribution in [-0.2, 0) is 0 Å². The smallest absolute Gasteiger partial charge is 0.323 e. The van der Waals surface area contributed by atoms with Crippen LogP contribution in [0.3, 0.4) is 0 Å². The van der Waals surface area contributed by atoms with Crippen LogP contribution in [0.4, 0.5) is 11.9 Å². The van der Waals surface area contributed by atoms with Crippen LogP contribution in [0.25, 0.3) is 0 Å². The molecule has 0 aromatic carbocycles. The molecule has 1 saturated heterocycles. The van der Waals surface area contributed by atoms with Crippen LogP contribution in [0.1, 0.15) is 39.0 Å². The van der Waals surface area contributed by atoms with Crippen molar-refractivity contribution >= 4 is 11.9 Å². The number of ether oxygens (including phenoxy) is 1. The van der Waals surface area contributed by atoms with Gasteiger partial charge in [-0.1, -0.05) is 13.3 Å². The molecule has 1 aliphatic rings. The first-order valence-corrected chi connectivity index (χ1v) is 6.69. The summed E-state index contributed by atoms with van der Waals surface area (Å²) >= 11 is 0. The Labute approximate surface area is 108 Å². The number of nitrogens with two attached hydrogens (primary N) is 1. The van der Waals surface area contributed by atoms with Gasteiger partial charge in [-0.15, -0.1) is 0 Å². The van der Waals surface area contributed by atoms with E-state index < -0.39 is 0 Å². The van der Waals surface area contributed by atoms with Gasteiger partial charge in [0.05, 0.1) is 6.61 Å². The number of piperidine rings is 1. The molecule has 2 heterocycles. The summed E-state index contributed by atoms with van der Waals surface area (Å²) < 4.78 is 5.49. The highest BCUT2D eigenvalue weighted by atomic mass is 16.5. The van der Waals surface area contributed by atoms with Crippen LogP contribution in [0.15, 0.2) is 0 Å². The molecular formula is C12H21N5O. The average Bonchev–Trinajstić information content (AvgIpc) is 2.39. The van der Waals surface area contributed by atoms with Crippen LogP contribution in [0.2, 0.25) is 0 Å². The molecule has 2 rings (SSSR count). The van der Waals surface area contributed by atoms with Gasteiger partial charge in [-0.2, -0.15) is 15.0 Å². The lowest BCUT2D eigenvalue weighted by atomic mass is 10.1. The molecule has 100 valence electrons. The topological polar surface area (TPSA) is 77.2 Å². The molecule has 0 amide bonds. The van der Waals surface area contributed by atoms with E-state index in [-0.39, 0.29) is 5.95 Å². The predicted octanol–water partition coefficient (Wildman–Crippen LogP) is 1.62. The molecule has 0 spiro atoms. The summed E-state index contributed by atoms with van der Waals surface area (Å²) in [6.45, 7) is 4.71. The Morgan fingerprint density at radius 1 is 1.17 bits per heavy atom. The van der Waals surface area contributed by atoms with E-state index in [1.54, 1.807) is 0 Å². The maximum Gasteiger partial charge on any atom is 0.323 e. The van der Waals surface area contributed by atoms with Gasteiger partial charge in [-0.05, 0) is 25.7 Å². The van der Waals surface area contributed by atoms with E-state index in [2.05, 4.69) is 26.8 Å². The quantitative estimate of drug-likeness (QED) is 0.801. The summed E-state index contributed by atoms with van der Waals surface area (Å²) in [7, 11) is 0. The Hall–Kier alpha value is -1.59. The fourth-order valence-electron chi connectivity index (χ4n) is 1.97. The standard InChI is InChI=1S/C12H21N5O/c1-2-3-9-18-12-15-10(13)14-11(16-12)17-7-5-4-6-8-17/h2-9H2,1H3,(H2,13,14,15,16). The number of nitrogens with zero attached hydrogens (tertiary/aromatic N) is 4. The SMILES string of the molecule is CCCCOc1nc(N)nc(N2CCCCC2)n1. The van der Waals surface area contributed by atoms with Gasteiger partial charge in [-0.3, -0.25) is 0 Å². The first-order valence-electron chi connectivity index (χ1n) is 6.69. The first-order chi connectivity index (χ1) is 8.79. The molecule has 1 aliphatic heterocycles. The summed E-state index contributed by atoms with van der Waals surface area (Å²) in [5, 5.41) is 0. The van der Waals surface area contributed by atoms with Gasteiger partial charge in [0.1, 0.15) is 0 Å². The lowest BCUT2D eigenvalue weighted by molar-refractivity contribution is 0.285. The molecule has 1 aromatic rings. The van der Waals surface area contributed by atoms with Crippen molar-refractivity contribution in [3.63, 3.8) is 0 Å². The highest BCUT2D eigenvalue weighted by Gasteiger charge is 2.15. The van der Waals surface area contributed by atoms with E-state index in [0.29, 0.717) is 18.6 Å². The van der Waals surface area contributed by atoms with Crippen LogP contribution in [0.5, 0.6) is 6.01 Å². The van der Waals surface area contributed by atoms with Gasteiger partial charge in [0.2, 0.25) is 11.9 Å². The Morgan fingerprint density at radius 3 is 2.67 bits per heavy atom. The summed E-state index contributed by atoms with van der Waals surface area (Å²) in [5.41, 5.74) is 5.70. The fraction of sp³-hybridized carbons (Fsp3) is 0.750. The summed E-state index contributed by atoms with van der Waals surface area (Å²) in [4.78, 5) is 14.7. The van der Waals surface area contributed by atoms with Gasteiger partial charge in [0, 0.05) is 13.1 Å². The Bertz CT molecular complexity index is 379. The number of anilines is 2. The van der Waals surface area contributed by atoms with E-state index in [1.807, 2.05) is 0 Å². The van der Waals surface area contributed by atoms with Crippen LogP contribution in [-0.4, -0.2) is 34.6 Å². The van der Waals surface area contributed by atoms with Crippen LogP contribution < -0.4 is 15.4 Å². The second-order valence-electron chi connectivity index (χ2n) is 4.53. The van der Waals surface area contributed by atoms with Crippen molar-refractivity contribution in [3.8, 4) is 6.01 Å².